The van der Waals surface area contributed by atoms with Crippen LogP contribution >= 0.6 is 0 Å². The van der Waals surface area contributed by atoms with Crippen molar-refractivity contribution in [3.63, 3.8) is 0 Å². The van der Waals surface area contributed by atoms with Gasteiger partial charge in [0.15, 0.2) is 0 Å². The lowest BCUT2D eigenvalue weighted by Crippen LogP contribution is -2.56. The predicted octanol–water partition coefficient (Wildman–Crippen LogP) is 3.13. The van der Waals surface area contributed by atoms with Gasteiger partial charge in [-0.05, 0) is 48.8 Å². The maximum absolute atomic E-state index is 12.7. The lowest BCUT2D eigenvalue weighted by molar-refractivity contribution is -0.174. The maximum atomic E-state index is 12.7. The van der Waals surface area contributed by atoms with E-state index in [1.165, 1.54) is 5.56 Å². The Hall–Kier alpha value is -1.39. The first-order valence-electron chi connectivity index (χ1n) is 9.04. The molecule has 1 N–H and O–H groups in total. The number of carbonyl (C=O) groups excluding carboxylic acids is 1. The SMILES string of the molecule is CC(C)(C)c1ccc(C(=O)N2CCC3(CC2)OCCC[C@@H]3O)cc1. The van der Waals surface area contributed by atoms with Crippen molar-refractivity contribution >= 4 is 5.91 Å². The molecule has 2 fully saturated rings. The number of aliphatic hydroxyl groups is 1. The van der Waals surface area contributed by atoms with E-state index in [9.17, 15) is 9.90 Å². The number of likely N-dealkylation sites (tertiary alicyclic amines) is 1. The van der Waals surface area contributed by atoms with Gasteiger partial charge in [-0.1, -0.05) is 32.9 Å². The molecule has 0 saturated carbocycles. The molecule has 2 heterocycles. The van der Waals surface area contributed by atoms with Crippen molar-refractivity contribution in [1.29, 1.82) is 0 Å². The smallest absolute Gasteiger partial charge is 0.253 e. The molecule has 24 heavy (non-hydrogen) atoms. The second-order valence-electron chi connectivity index (χ2n) is 8.19. The number of piperidine rings is 1. The van der Waals surface area contributed by atoms with E-state index in [4.69, 9.17) is 4.74 Å². The van der Waals surface area contributed by atoms with E-state index >= 15 is 0 Å². The van der Waals surface area contributed by atoms with Crippen LogP contribution in [0.3, 0.4) is 0 Å². The van der Waals surface area contributed by atoms with Gasteiger partial charge >= 0.3 is 0 Å². The number of benzene rings is 1. The van der Waals surface area contributed by atoms with E-state index in [2.05, 4.69) is 20.8 Å². The lowest BCUT2D eigenvalue weighted by Gasteiger charge is -2.46. The van der Waals surface area contributed by atoms with Gasteiger partial charge < -0.3 is 14.7 Å². The first-order valence-corrected chi connectivity index (χ1v) is 9.04. The van der Waals surface area contributed by atoms with Gasteiger partial charge in [0, 0.05) is 25.3 Å². The molecule has 3 rings (SSSR count). The number of aliphatic hydroxyl groups excluding tert-OH is 1. The Morgan fingerprint density at radius 1 is 1.21 bits per heavy atom. The van der Waals surface area contributed by atoms with Gasteiger partial charge in [0.25, 0.3) is 5.91 Å². The number of ether oxygens (including phenoxy) is 1. The molecule has 2 aliphatic rings. The zero-order valence-corrected chi connectivity index (χ0v) is 15.0. The average Bonchev–Trinajstić information content (AvgIpc) is 2.57. The molecule has 1 aromatic carbocycles. The Balaban J connectivity index is 1.65. The molecule has 1 amide bonds. The Bertz CT molecular complexity index is 580. The van der Waals surface area contributed by atoms with Crippen LogP contribution in [-0.4, -0.2) is 47.3 Å². The molecular formula is C20H29NO3. The number of nitrogens with zero attached hydrogens (tertiary/aromatic N) is 1. The van der Waals surface area contributed by atoms with Crippen molar-refractivity contribution in [3.8, 4) is 0 Å². The van der Waals surface area contributed by atoms with Gasteiger partial charge in [0.05, 0.1) is 11.7 Å². The molecule has 2 aliphatic heterocycles. The minimum atomic E-state index is -0.425. The van der Waals surface area contributed by atoms with Crippen LogP contribution in [0.5, 0.6) is 0 Å². The summed E-state index contributed by atoms with van der Waals surface area (Å²) in [6.07, 6.45) is 2.78. The normalized spacial score (nSPS) is 24.2. The summed E-state index contributed by atoms with van der Waals surface area (Å²) in [5.41, 5.74) is 1.64. The van der Waals surface area contributed by atoms with Crippen LogP contribution in [0.2, 0.25) is 0 Å². The van der Waals surface area contributed by atoms with Crippen LogP contribution in [0.1, 0.15) is 62.4 Å². The Morgan fingerprint density at radius 2 is 1.83 bits per heavy atom. The van der Waals surface area contributed by atoms with Crippen LogP contribution in [0, 0.1) is 0 Å². The van der Waals surface area contributed by atoms with E-state index in [1.807, 2.05) is 29.2 Å². The minimum Gasteiger partial charge on any atom is -0.390 e. The second kappa shape index (κ2) is 6.49. The standard InChI is InChI=1S/C20H29NO3/c1-19(2,3)16-8-6-15(7-9-16)18(23)21-12-10-20(11-13-21)17(22)5-4-14-24-20/h6-9,17,22H,4-5,10-14H2,1-3H3/t17-/m0/s1. The molecule has 1 atom stereocenters. The van der Waals surface area contributed by atoms with Gasteiger partial charge in [-0.15, -0.1) is 0 Å². The molecule has 0 aromatic heterocycles. The summed E-state index contributed by atoms with van der Waals surface area (Å²) in [7, 11) is 0. The summed E-state index contributed by atoms with van der Waals surface area (Å²) in [5, 5.41) is 10.3. The van der Waals surface area contributed by atoms with Gasteiger partial charge in [-0.2, -0.15) is 0 Å². The molecule has 0 unspecified atom stereocenters. The fourth-order valence-corrected chi connectivity index (χ4v) is 3.77. The third-order valence-electron chi connectivity index (χ3n) is 5.51. The van der Waals surface area contributed by atoms with Crippen molar-refractivity contribution in [2.24, 2.45) is 0 Å². The Kier molecular flexibility index (Phi) is 4.71. The fourth-order valence-electron chi connectivity index (χ4n) is 3.77. The highest BCUT2D eigenvalue weighted by molar-refractivity contribution is 5.94. The van der Waals surface area contributed by atoms with Crippen molar-refractivity contribution in [2.45, 2.75) is 63.6 Å². The van der Waals surface area contributed by atoms with E-state index in [-0.39, 0.29) is 11.3 Å². The summed E-state index contributed by atoms with van der Waals surface area (Å²) in [5.74, 6) is 0.0793. The van der Waals surface area contributed by atoms with Crippen molar-refractivity contribution in [1.82, 2.24) is 4.90 Å². The van der Waals surface area contributed by atoms with E-state index in [0.29, 0.717) is 13.1 Å². The molecule has 4 nitrogen and oxygen atoms in total. The average molecular weight is 331 g/mol. The quantitative estimate of drug-likeness (QED) is 0.860. The highest BCUT2D eigenvalue weighted by Crippen LogP contribution is 2.35. The first kappa shape index (κ1) is 17.4. The van der Waals surface area contributed by atoms with E-state index in [1.54, 1.807) is 0 Å². The first-order chi connectivity index (χ1) is 11.3. The van der Waals surface area contributed by atoms with Crippen LogP contribution in [0.4, 0.5) is 0 Å². The van der Waals surface area contributed by atoms with E-state index < -0.39 is 11.7 Å². The summed E-state index contributed by atoms with van der Waals surface area (Å²) < 4.78 is 5.92. The van der Waals surface area contributed by atoms with Crippen LogP contribution in [-0.2, 0) is 10.2 Å². The number of rotatable bonds is 1. The highest BCUT2D eigenvalue weighted by Gasteiger charge is 2.44. The number of carbonyl (C=O) groups is 1. The summed E-state index contributed by atoms with van der Waals surface area (Å²) in [6.45, 7) is 8.53. The van der Waals surface area contributed by atoms with Crippen molar-refractivity contribution in [3.05, 3.63) is 35.4 Å². The number of amides is 1. The largest absolute Gasteiger partial charge is 0.390 e. The van der Waals surface area contributed by atoms with Crippen molar-refractivity contribution in [2.75, 3.05) is 19.7 Å². The molecule has 1 spiro atoms. The predicted molar refractivity (Wildman–Crippen MR) is 94.2 cm³/mol. The zero-order chi connectivity index (χ0) is 17.4. The topological polar surface area (TPSA) is 49.8 Å². The van der Waals surface area contributed by atoms with Crippen molar-refractivity contribution < 1.29 is 14.6 Å². The van der Waals surface area contributed by atoms with Gasteiger partial charge in [0.1, 0.15) is 0 Å². The molecule has 1 aromatic rings. The molecule has 132 valence electrons. The second-order valence-corrected chi connectivity index (χ2v) is 8.19. The molecule has 2 saturated heterocycles. The third-order valence-corrected chi connectivity index (χ3v) is 5.51. The van der Waals surface area contributed by atoms with Crippen LogP contribution in [0.15, 0.2) is 24.3 Å². The Labute approximate surface area is 144 Å². The lowest BCUT2D eigenvalue weighted by atomic mass is 9.82. The van der Waals surface area contributed by atoms with Gasteiger partial charge in [-0.25, -0.2) is 0 Å². The molecule has 4 heteroatoms. The van der Waals surface area contributed by atoms with Gasteiger partial charge in [0.2, 0.25) is 0 Å². The minimum absolute atomic E-state index is 0.0793. The molecule has 0 bridgehead atoms. The Morgan fingerprint density at radius 3 is 2.38 bits per heavy atom. The van der Waals surface area contributed by atoms with Crippen LogP contribution in [0.25, 0.3) is 0 Å². The summed E-state index contributed by atoms with van der Waals surface area (Å²) in [6, 6.07) is 7.96. The molecular weight excluding hydrogens is 302 g/mol. The van der Waals surface area contributed by atoms with E-state index in [0.717, 1.165) is 37.9 Å². The highest BCUT2D eigenvalue weighted by atomic mass is 16.5. The monoisotopic (exact) mass is 331 g/mol. The third kappa shape index (κ3) is 3.35. The summed E-state index contributed by atoms with van der Waals surface area (Å²) in [4.78, 5) is 14.6. The maximum Gasteiger partial charge on any atom is 0.253 e. The number of hydrogen-bond donors (Lipinski definition) is 1. The van der Waals surface area contributed by atoms with Gasteiger partial charge in [-0.3, -0.25) is 4.79 Å². The molecule has 0 radical (unpaired) electrons. The molecule has 0 aliphatic carbocycles. The summed E-state index contributed by atoms with van der Waals surface area (Å²) >= 11 is 0. The zero-order valence-electron chi connectivity index (χ0n) is 15.0. The number of hydrogen-bond acceptors (Lipinski definition) is 3. The van der Waals surface area contributed by atoms with Crippen LogP contribution < -0.4 is 0 Å². The fraction of sp³-hybridized carbons (Fsp3) is 0.650.